The molecule has 5 atom stereocenters. The Morgan fingerprint density at radius 2 is 2.06 bits per heavy atom. The summed E-state index contributed by atoms with van der Waals surface area (Å²) in [5.41, 5.74) is 0.862. The summed E-state index contributed by atoms with van der Waals surface area (Å²) >= 11 is 0. The fourth-order valence-corrected chi connectivity index (χ4v) is 2.71. The fourth-order valence-electron chi connectivity index (χ4n) is 2.71. The first-order valence-corrected chi connectivity index (χ1v) is 5.83. The Morgan fingerprint density at radius 3 is 2.50 bits per heavy atom. The summed E-state index contributed by atoms with van der Waals surface area (Å²) < 4.78 is 7.48. The van der Waals surface area contributed by atoms with Gasteiger partial charge < -0.3 is 9.84 Å². The van der Waals surface area contributed by atoms with Crippen LogP contribution in [0.2, 0.25) is 0 Å². The van der Waals surface area contributed by atoms with Crippen molar-refractivity contribution in [3.8, 4) is 0 Å². The highest BCUT2D eigenvalue weighted by atomic mass is 16.5. The second kappa shape index (κ2) is 4.18. The molecular formula is C12H20N2O2. The molecule has 1 aromatic heterocycles. The Kier molecular flexibility index (Phi) is 3.04. The van der Waals surface area contributed by atoms with Crippen molar-refractivity contribution in [1.82, 2.24) is 9.78 Å². The monoisotopic (exact) mass is 224 g/mol. The van der Waals surface area contributed by atoms with E-state index in [1.807, 2.05) is 20.0 Å². The van der Waals surface area contributed by atoms with Gasteiger partial charge in [0.2, 0.25) is 0 Å². The second-order valence-electron chi connectivity index (χ2n) is 4.81. The summed E-state index contributed by atoms with van der Waals surface area (Å²) in [7, 11) is 1.85. The van der Waals surface area contributed by atoms with Gasteiger partial charge in [-0.15, -0.1) is 0 Å². The quantitative estimate of drug-likeness (QED) is 0.828. The van der Waals surface area contributed by atoms with Crippen LogP contribution in [0.5, 0.6) is 0 Å². The summed E-state index contributed by atoms with van der Waals surface area (Å²) in [4.78, 5) is 0. The highest BCUT2D eigenvalue weighted by Crippen LogP contribution is 2.40. The lowest BCUT2D eigenvalue weighted by Crippen LogP contribution is -2.26. The van der Waals surface area contributed by atoms with E-state index < -0.39 is 6.10 Å². The molecule has 0 aliphatic carbocycles. The molecule has 0 bridgehead atoms. The van der Waals surface area contributed by atoms with Gasteiger partial charge in [-0.2, -0.15) is 5.10 Å². The van der Waals surface area contributed by atoms with E-state index in [4.69, 9.17) is 4.74 Å². The van der Waals surface area contributed by atoms with E-state index in [1.54, 1.807) is 10.9 Å². The van der Waals surface area contributed by atoms with Crippen LogP contribution in [0.15, 0.2) is 12.3 Å². The zero-order chi connectivity index (χ0) is 11.9. The van der Waals surface area contributed by atoms with Crippen LogP contribution in [0.4, 0.5) is 0 Å². The lowest BCUT2D eigenvalue weighted by Gasteiger charge is -2.24. The number of ether oxygens (including phenoxy) is 1. The molecule has 0 saturated carbocycles. The minimum Gasteiger partial charge on any atom is -0.386 e. The van der Waals surface area contributed by atoms with Gasteiger partial charge >= 0.3 is 0 Å². The smallest absolute Gasteiger partial charge is 0.101 e. The van der Waals surface area contributed by atoms with Crippen molar-refractivity contribution in [2.45, 2.75) is 39.1 Å². The lowest BCUT2D eigenvalue weighted by atomic mass is 9.84. The molecule has 16 heavy (non-hydrogen) atoms. The van der Waals surface area contributed by atoms with Gasteiger partial charge in [0.15, 0.2) is 0 Å². The van der Waals surface area contributed by atoms with Gasteiger partial charge in [0.05, 0.1) is 17.9 Å². The second-order valence-corrected chi connectivity index (χ2v) is 4.81. The number of hydrogen-bond acceptors (Lipinski definition) is 3. The van der Waals surface area contributed by atoms with Crippen LogP contribution in [0.3, 0.4) is 0 Å². The molecule has 0 amide bonds. The molecule has 1 saturated heterocycles. The molecule has 5 unspecified atom stereocenters. The summed E-state index contributed by atoms with van der Waals surface area (Å²) in [5, 5.41) is 14.5. The maximum Gasteiger partial charge on any atom is 0.101 e. The minimum atomic E-state index is -0.498. The van der Waals surface area contributed by atoms with Gasteiger partial charge in [0.25, 0.3) is 0 Å². The van der Waals surface area contributed by atoms with E-state index >= 15 is 0 Å². The van der Waals surface area contributed by atoms with E-state index in [9.17, 15) is 5.11 Å². The molecule has 1 aromatic rings. The van der Waals surface area contributed by atoms with Crippen molar-refractivity contribution in [2.75, 3.05) is 0 Å². The van der Waals surface area contributed by atoms with Gasteiger partial charge in [-0.1, -0.05) is 6.92 Å². The number of nitrogens with zero attached hydrogens (tertiary/aromatic N) is 2. The minimum absolute atomic E-state index is 0.0925. The Balaban J connectivity index is 2.22. The third-order valence-corrected chi connectivity index (χ3v) is 3.85. The van der Waals surface area contributed by atoms with Crippen molar-refractivity contribution in [3.63, 3.8) is 0 Å². The molecule has 1 aliphatic heterocycles. The average Bonchev–Trinajstić information content (AvgIpc) is 2.73. The topological polar surface area (TPSA) is 47.3 Å². The maximum absolute atomic E-state index is 10.4. The highest BCUT2D eigenvalue weighted by molar-refractivity contribution is 5.08. The number of aryl methyl sites for hydroxylation is 1. The van der Waals surface area contributed by atoms with Gasteiger partial charge in [-0.3, -0.25) is 4.68 Å². The molecular weight excluding hydrogens is 204 g/mol. The van der Waals surface area contributed by atoms with Crippen LogP contribution in [-0.2, 0) is 11.8 Å². The number of hydrogen-bond donors (Lipinski definition) is 1. The molecule has 1 fully saturated rings. The molecule has 4 nitrogen and oxygen atoms in total. The van der Waals surface area contributed by atoms with Crippen LogP contribution in [-0.4, -0.2) is 27.1 Å². The zero-order valence-electron chi connectivity index (χ0n) is 10.3. The van der Waals surface area contributed by atoms with Crippen LogP contribution in [0.25, 0.3) is 0 Å². The van der Waals surface area contributed by atoms with E-state index in [0.29, 0.717) is 5.92 Å². The first kappa shape index (κ1) is 11.6. The predicted octanol–water partition coefficient (Wildman–Crippen LogP) is 1.51. The third-order valence-electron chi connectivity index (χ3n) is 3.85. The van der Waals surface area contributed by atoms with Crippen LogP contribution in [0, 0.1) is 11.8 Å². The van der Waals surface area contributed by atoms with Crippen LogP contribution in [0.1, 0.15) is 32.6 Å². The zero-order valence-corrected chi connectivity index (χ0v) is 10.3. The maximum atomic E-state index is 10.4. The van der Waals surface area contributed by atoms with Crippen molar-refractivity contribution >= 4 is 0 Å². The van der Waals surface area contributed by atoms with Gasteiger partial charge in [0.1, 0.15) is 6.10 Å². The lowest BCUT2D eigenvalue weighted by molar-refractivity contribution is 0.0206. The fraction of sp³-hybridized carbons (Fsp3) is 0.750. The third kappa shape index (κ3) is 1.76. The van der Waals surface area contributed by atoms with E-state index in [1.165, 1.54) is 0 Å². The largest absolute Gasteiger partial charge is 0.386 e. The molecule has 0 aromatic carbocycles. The van der Waals surface area contributed by atoms with Crippen molar-refractivity contribution in [3.05, 3.63) is 18.0 Å². The van der Waals surface area contributed by atoms with Gasteiger partial charge in [0, 0.05) is 19.2 Å². The summed E-state index contributed by atoms with van der Waals surface area (Å²) in [6.07, 6.45) is 1.52. The van der Waals surface area contributed by atoms with Crippen molar-refractivity contribution < 1.29 is 9.84 Å². The first-order chi connectivity index (χ1) is 7.52. The number of aromatic nitrogens is 2. The van der Waals surface area contributed by atoms with Gasteiger partial charge in [-0.05, 0) is 25.8 Å². The molecule has 0 spiro atoms. The van der Waals surface area contributed by atoms with Gasteiger partial charge in [-0.25, -0.2) is 0 Å². The Bertz CT molecular complexity index is 364. The molecule has 1 aliphatic rings. The summed E-state index contributed by atoms with van der Waals surface area (Å²) in [6.45, 7) is 6.24. The highest BCUT2D eigenvalue weighted by Gasteiger charge is 2.42. The molecule has 2 heterocycles. The van der Waals surface area contributed by atoms with E-state index in [0.717, 1.165) is 5.69 Å². The number of aliphatic hydroxyl groups is 1. The van der Waals surface area contributed by atoms with Crippen molar-refractivity contribution in [1.29, 1.82) is 0 Å². The summed E-state index contributed by atoms with van der Waals surface area (Å²) in [5.74, 6) is 0.505. The molecule has 4 heteroatoms. The number of aliphatic hydroxyl groups excluding tert-OH is 1. The first-order valence-electron chi connectivity index (χ1n) is 5.83. The standard InChI is InChI=1S/C12H20N2O2/c1-7-8(2)16-9(3)11(7)12(15)10-5-6-13-14(10)4/h5-9,11-12,15H,1-4H3. The molecule has 2 rings (SSSR count). The Morgan fingerprint density at radius 1 is 1.38 bits per heavy atom. The molecule has 90 valence electrons. The number of rotatable bonds is 2. The van der Waals surface area contributed by atoms with Crippen LogP contribution >= 0.6 is 0 Å². The van der Waals surface area contributed by atoms with Crippen molar-refractivity contribution in [2.24, 2.45) is 18.9 Å². The molecule has 0 radical (unpaired) electrons. The normalized spacial score (nSPS) is 36.6. The predicted molar refractivity (Wildman–Crippen MR) is 60.8 cm³/mol. The summed E-state index contributed by atoms with van der Waals surface area (Å²) in [6, 6.07) is 1.87. The van der Waals surface area contributed by atoms with Crippen LogP contribution < -0.4 is 0 Å². The average molecular weight is 224 g/mol. The molecule has 1 N–H and O–H groups in total. The Labute approximate surface area is 96.2 Å². The van der Waals surface area contributed by atoms with E-state index in [-0.39, 0.29) is 18.1 Å². The SMILES string of the molecule is CC1OC(C)C(C(O)c2ccnn2C)C1C. The van der Waals surface area contributed by atoms with E-state index in [2.05, 4.69) is 18.9 Å². The Hall–Kier alpha value is -0.870.